The average Bonchev–Trinajstić information content (AvgIpc) is 2.67. The first-order valence-corrected chi connectivity index (χ1v) is 9.26. The fourth-order valence-electron chi connectivity index (χ4n) is 3.10. The van der Waals surface area contributed by atoms with Crippen molar-refractivity contribution in [1.82, 2.24) is 0 Å². The van der Waals surface area contributed by atoms with Crippen molar-refractivity contribution in [3.63, 3.8) is 0 Å². The molecule has 0 bridgehead atoms. The van der Waals surface area contributed by atoms with Crippen molar-refractivity contribution in [2.24, 2.45) is 0 Å². The monoisotopic (exact) mass is 372 g/mol. The lowest BCUT2D eigenvalue weighted by Gasteiger charge is -2.13. The molecule has 28 heavy (non-hydrogen) atoms. The van der Waals surface area contributed by atoms with Crippen LogP contribution in [0.1, 0.15) is 32.6 Å². The highest BCUT2D eigenvalue weighted by atomic mass is 16.2. The van der Waals surface area contributed by atoms with Crippen molar-refractivity contribution in [2.75, 3.05) is 10.6 Å². The van der Waals surface area contributed by atoms with Crippen LogP contribution in [0.3, 0.4) is 0 Å². The van der Waals surface area contributed by atoms with Crippen LogP contribution in [0.15, 0.2) is 66.7 Å². The Labute approximate surface area is 165 Å². The molecule has 2 amide bonds. The van der Waals surface area contributed by atoms with Crippen LogP contribution < -0.4 is 10.6 Å². The third kappa shape index (κ3) is 4.65. The molecule has 142 valence electrons. The predicted octanol–water partition coefficient (Wildman–Crippen LogP) is 5.05. The summed E-state index contributed by atoms with van der Waals surface area (Å²) < 4.78 is 0. The molecular weight excluding hydrogens is 348 g/mol. The van der Waals surface area contributed by atoms with Crippen molar-refractivity contribution in [2.45, 2.75) is 27.2 Å². The zero-order chi connectivity index (χ0) is 20.1. The molecule has 3 aromatic carbocycles. The molecule has 0 aromatic heterocycles. The Kier molecular flexibility index (Phi) is 5.90. The number of amides is 2. The molecular formula is C24H24N2O2. The maximum absolute atomic E-state index is 12.6. The van der Waals surface area contributed by atoms with E-state index >= 15 is 0 Å². The Morgan fingerprint density at radius 1 is 0.821 bits per heavy atom. The van der Waals surface area contributed by atoms with Crippen LogP contribution in [0.5, 0.6) is 0 Å². The first-order chi connectivity index (χ1) is 13.4. The van der Waals surface area contributed by atoms with E-state index in [2.05, 4.69) is 10.6 Å². The fraction of sp³-hybridized carbons (Fsp3) is 0.167. The predicted molar refractivity (Wildman–Crippen MR) is 114 cm³/mol. The van der Waals surface area contributed by atoms with Gasteiger partial charge in [0.15, 0.2) is 0 Å². The summed E-state index contributed by atoms with van der Waals surface area (Å²) in [5, 5.41) is 5.83. The molecule has 0 aliphatic carbocycles. The second-order valence-corrected chi connectivity index (χ2v) is 6.95. The lowest BCUT2D eigenvalue weighted by molar-refractivity contribution is -0.115. The Bertz CT molecular complexity index is 1010. The average molecular weight is 372 g/mol. The highest BCUT2D eigenvalue weighted by Crippen LogP contribution is 2.21. The molecule has 2 N–H and O–H groups in total. The molecule has 0 spiro atoms. The molecule has 0 unspecified atom stereocenters. The maximum Gasteiger partial charge on any atom is 0.256 e. The largest absolute Gasteiger partial charge is 0.326 e. The van der Waals surface area contributed by atoms with Crippen LogP contribution in [0, 0.1) is 20.8 Å². The first kappa shape index (κ1) is 19.4. The molecule has 0 atom stereocenters. The van der Waals surface area contributed by atoms with Gasteiger partial charge >= 0.3 is 0 Å². The number of nitrogens with one attached hydrogen (secondary N) is 2. The summed E-state index contributed by atoms with van der Waals surface area (Å²) in [6.45, 7) is 5.86. The van der Waals surface area contributed by atoms with Gasteiger partial charge in [0.1, 0.15) is 0 Å². The van der Waals surface area contributed by atoms with Gasteiger partial charge in [-0.2, -0.15) is 0 Å². The van der Waals surface area contributed by atoms with E-state index in [1.807, 2.05) is 75.4 Å². The smallest absolute Gasteiger partial charge is 0.256 e. The summed E-state index contributed by atoms with van der Waals surface area (Å²) in [6, 6.07) is 20.8. The van der Waals surface area contributed by atoms with Crippen LogP contribution in [0.25, 0.3) is 0 Å². The lowest BCUT2D eigenvalue weighted by Crippen LogP contribution is -2.18. The van der Waals surface area contributed by atoms with Gasteiger partial charge in [-0.1, -0.05) is 48.0 Å². The summed E-state index contributed by atoms with van der Waals surface area (Å²) in [6.07, 6.45) is 0.299. The number of anilines is 2. The van der Waals surface area contributed by atoms with Gasteiger partial charge in [0.2, 0.25) is 5.91 Å². The summed E-state index contributed by atoms with van der Waals surface area (Å²) in [4.78, 5) is 25.2. The second kappa shape index (κ2) is 8.53. The zero-order valence-electron chi connectivity index (χ0n) is 16.4. The van der Waals surface area contributed by atoms with E-state index < -0.39 is 0 Å². The first-order valence-electron chi connectivity index (χ1n) is 9.26. The van der Waals surface area contributed by atoms with Crippen LogP contribution in [-0.2, 0) is 11.2 Å². The van der Waals surface area contributed by atoms with E-state index in [0.29, 0.717) is 17.7 Å². The number of benzene rings is 3. The van der Waals surface area contributed by atoms with Gasteiger partial charge < -0.3 is 10.6 Å². The van der Waals surface area contributed by atoms with Gasteiger partial charge in [-0.25, -0.2) is 0 Å². The Balaban J connectivity index is 1.74. The van der Waals surface area contributed by atoms with Gasteiger partial charge in [0.25, 0.3) is 5.91 Å². The van der Waals surface area contributed by atoms with E-state index in [9.17, 15) is 9.59 Å². The minimum atomic E-state index is -0.200. The number of carbonyl (C=O) groups is 2. The van der Waals surface area contributed by atoms with Gasteiger partial charge in [-0.05, 0) is 61.7 Å². The normalized spacial score (nSPS) is 10.4. The third-order valence-corrected chi connectivity index (χ3v) is 4.74. The molecule has 0 aliphatic heterocycles. The van der Waals surface area contributed by atoms with E-state index in [0.717, 1.165) is 27.9 Å². The highest BCUT2D eigenvalue weighted by molar-refractivity contribution is 6.06. The molecule has 0 saturated carbocycles. The Morgan fingerprint density at radius 3 is 2.32 bits per heavy atom. The number of rotatable bonds is 5. The molecule has 0 saturated heterocycles. The summed E-state index contributed by atoms with van der Waals surface area (Å²) in [7, 11) is 0. The summed E-state index contributed by atoms with van der Waals surface area (Å²) in [5.74, 6) is -0.299. The molecule has 3 rings (SSSR count). The van der Waals surface area contributed by atoms with Gasteiger partial charge in [0, 0.05) is 16.9 Å². The maximum atomic E-state index is 12.6. The van der Waals surface area contributed by atoms with E-state index in [1.54, 1.807) is 12.1 Å². The third-order valence-electron chi connectivity index (χ3n) is 4.74. The minimum Gasteiger partial charge on any atom is -0.326 e. The molecule has 0 fully saturated rings. The van der Waals surface area contributed by atoms with E-state index in [4.69, 9.17) is 0 Å². The summed E-state index contributed by atoms with van der Waals surface area (Å²) >= 11 is 0. The van der Waals surface area contributed by atoms with Crippen LogP contribution >= 0.6 is 0 Å². The molecule has 0 radical (unpaired) electrons. The van der Waals surface area contributed by atoms with Crippen molar-refractivity contribution in [1.29, 1.82) is 0 Å². The Hall–Kier alpha value is -3.40. The molecule has 0 heterocycles. The lowest BCUT2D eigenvalue weighted by atomic mass is 10.0. The summed E-state index contributed by atoms with van der Waals surface area (Å²) in [5.41, 5.74) is 5.89. The SMILES string of the molecule is Cc1ccc(C)c(CC(=O)Nc2cccc(C(=O)Nc3ccccc3)c2C)c1. The standard InChI is InChI=1S/C24H24N2O2/c1-16-12-13-17(2)19(14-16)15-23(27)26-22-11-7-10-21(18(22)3)24(28)25-20-8-5-4-6-9-20/h4-14H,15H2,1-3H3,(H,25,28)(H,26,27). The van der Waals surface area contributed by atoms with Crippen LogP contribution in [0.2, 0.25) is 0 Å². The molecule has 3 aromatic rings. The molecule has 4 heteroatoms. The Morgan fingerprint density at radius 2 is 1.57 bits per heavy atom. The second-order valence-electron chi connectivity index (χ2n) is 6.95. The minimum absolute atomic E-state index is 0.0996. The fourth-order valence-corrected chi connectivity index (χ4v) is 3.10. The van der Waals surface area contributed by atoms with Crippen LogP contribution in [0.4, 0.5) is 11.4 Å². The van der Waals surface area contributed by atoms with Crippen molar-refractivity contribution in [3.05, 3.63) is 94.5 Å². The molecule has 4 nitrogen and oxygen atoms in total. The number of aryl methyl sites for hydroxylation is 2. The number of hydrogen-bond donors (Lipinski definition) is 2. The van der Waals surface area contributed by atoms with Crippen LogP contribution in [-0.4, -0.2) is 11.8 Å². The number of hydrogen-bond acceptors (Lipinski definition) is 2. The quantitative estimate of drug-likeness (QED) is 0.659. The van der Waals surface area contributed by atoms with Gasteiger partial charge in [-0.15, -0.1) is 0 Å². The zero-order valence-corrected chi connectivity index (χ0v) is 16.4. The number of para-hydroxylation sites is 1. The highest BCUT2D eigenvalue weighted by Gasteiger charge is 2.14. The van der Waals surface area contributed by atoms with Gasteiger partial charge in [0.05, 0.1) is 6.42 Å². The van der Waals surface area contributed by atoms with E-state index in [1.165, 1.54) is 0 Å². The van der Waals surface area contributed by atoms with E-state index in [-0.39, 0.29) is 11.8 Å². The van der Waals surface area contributed by atoms with Crippen molar-refractivity contribution in [3.8, 4) is 0 Å². The molecule has 0 aliphatic rings. The number of carbonyl (C=O) groups excluding carboxylic acids is 2. The van der Waals surface area contributed by atoms with Crippen molar-refractivity contribution >= 4 is 23.2 Å². The van der Waals surface area contributed by atoms with Gasteiger partial charge in [-0.3, -0.25) is 9.59 Å². The topological polar surface area (TPSA) is 58.2 Å². The van der Waals surface area contributed by atoms with Crippen molar-refractivity contribution < 1.29 is 9.59 Å².